The summed E-state index contributed by atoms with van der Waals surface area (Å²) in [6.45, 7) is 3.35. The Labute approximate surface area is 171 Å². The maximum Gasteiger partial charge on any atom is 0.344 e. The standard InChI is InChI=1S/C23H18O7/c1-3-9-27-22(25)13-28-15-7-8-18-16(11-15)17(12-21(24)29-18)20-10-14-5-4-6-19(26-2)23(14)30-20/h3-8,10-12H,1,9,13H2,2H3. The van der Waals surface area contributed by atoms with Crippen LogP contribution in [-0.2, 0) is 9.53 Å². The van der Waals surface area contributed by atoms with Gasteiger partial charge in [0.1, 0.15) is 23.7 Å². The Bertz CT molecular complexity index is 1300. The van der Waals surface area contributed by atoms with E-state index in [-0.39, 0.29) is 13.2 Å². The first-order valence-electron chi connectivity index (χ1n) is 9.13. The highest BCUT2D eigenvalue weighted by molar-refractivity contribution is 5.96. The van der Waals surface area contributed by atoms with Gasteiger partial charge < -0.3 is 23.0 Å². The number of para-hydroxylation sites is 1. The van der Waals surface area contributed by atoms with E-state index >= 15 is 0 Å². The summed E-state index contributed by atoms with van der Waals surface area (Å²) in [5.41, 5.74) is 0.978. The number of carbonyl (C=O) groups excluding carboxylic acids is 1. The van der Waals surface area contributed by atoms with Gasteiger partial charge in [0, 0.05) is 22.4 Å². The highest BCUT2D eigenvalue weighted by atomic mass is 16.6. The molecule has 0 bridgehead atoms. The number of benzene rings is 2. The van der Waals surface area contributed by atoms with Crippen LogP contribution >= 0.6 is 0 Å². The summed E-state index contributed by atoms with van der Waals surface area (Å²) < 4.78 is 27.0. The van der Waals surface area contributed by atoms with Crippen molar-refractivity contribution < 1.29 is 27.8 Å². The summed E-state index contributed by atoms with van der Waals surface area (Å²) in [6, 6.07) is 13.6. The van der Waals surface area contributed by atoms with Gasteiger partial charge in [-0.1, -0.05) is 24.8 Å². The monoisotopic (exact) mass is 406 g/mol. The zero-order chi connectivity index (χ0) is 21.1. The Kier molecular flexibility index (Phi) is 5.26. The Morgan fingerprint density at radius 3 is 2.80 bits per heavy atom. The first kappa shape index (κ1) is 19.3. The zero-order valence-corrected chi connectivity index (χ0v) is 16.2. The minimum Gasteiger partial charge on any atom is -0.493 e. The van der Waals surface area contributed by atoms with Crippen molar-refractivity contribution in [2.75, 3.05) is 20.3 Å². The van der Waals surface area contributed by atoms with Crippen LogP contribution in [-0.4, -0.2) is 26.3 Å². The van der Waals surface area contributed by atoms with Gasteiger partial charge in [0.2, 0.25) is 0 Å². The SMILES string of the molecule is C=CCOC(=O)COc1ccc2oc(=O)cc(-c3cc4cccc(OC)c4o3)c2c1. The molecule has 2 aromatic carbocycles. The second-order valence-electron chi connectivity index (χ2n) is 6.39. The van der Waals surface area contributed by atoms with Crippen molar-refractivity contribution in [3.8, 4) is 22.8 Å². The molecule has 7 nitrogen and oxygen atoms in total. The average molecular weight is 406 g/mol. The molecule has 4 aromatic rings. The lowest BCUT2D eigenvalue weighted by atomic mass is 10.1. The van der Waals surface area contributed by atoms with Crippen molar-refractivity contribution >= 4 is 27.9 Å². The van der Waals surface area contributed by atoms with Gasteiger partial charge in [-0.2, -0.15) is 0 Å². The third-order valence-electron chi connectivity index (χ3n) is 4.43. The van der Waals surface area contributed by atoms with Gasteiger partial charge >= 0.3 is 11.6 Å². The predicted molar refractivity (Wildman–Crippen MR) is 111 cm³/mol. The van der Waals surface area contributed by atoms with Crippen molar-refractivity contribution in [2.24, 2.45) is 0 Å². The fraction of sp³-hybridized carbons (Fsp3) is 0.130. The van der Waals surface area contributed by atoms with Crippen molar-refractivity contribution in [3.63, 3.8) is 0 Å². The largest absolute Gasteiger partial charge is 0.493 e. The molecular weight excluding hydrogens is 388 g/mol. The topological polar surface area (TPSA) is 88.1 Å². The molecule has 0 spiro atoms. The van der Waals surface area contributed by atoms with Crippen LogP contribution in [0.1, 0.15) is 0 Å². The lowest BCUT2D eigenvalue weighted by Gasteiger charge is -2.08. The first-order chi connectivity index (χ1) is 14.6. The molecule has 0 saturated carbocycles. The van der Waals surface area contributed by atoms with Crippen molar-refractivity contribution in [2.45, 2.75) is 0 Å². The minimum absolute atomic E-state index is 0.116. The molecule has 0 aliphatic rings. The third-order valence-corrected chi connectivity index (χ3v) is 4.43. The van der Waals surface area contributed by atoms with Gasteiger partial charge in [-0.15, -0.1) is 0 Å². The number of furan rings is 1. The molecule has 0 aliphatic heterocycles. The molecule has 0 N–H and O–H groups in total. The van der Waals surface area contributed by atoms with E-state index in [4.69, 9.17) is 23.0 Å². The van der Waals surface area contributed by atoms with E-state index in [9.17, 15) is 9.59 Å². The number of carbonyl (C=O) groups is 1. The molecule has 0 saturated heterocycles. The second kappa shape index (κ2) is 8.16. The Morgan fingerprint density at radius 1 is 1.13 bits per heavy atom. The second-order valence-corrected chi connectivity index (χ2v) is 6.39. The van der Waals surface area contributed by atoms with E-state index < -0.39 is 11.6 Å². The van der Waals surface area contributed by atoms with E-state index in [0.29, 0.717) is 39.4 Å². The van der Waals surface area contributed by atoms with Gasteiger partial charge in [0.25, 0.3) is 0 Å². The average Bonchev–Trinajstić information content (AvgIpc) is 3.20. The summed E-state index contributed by atoms with van der Waals surface area (Å²) in [5, 5.41) is 1.44. The van der Waals surface area contributed by atoms with Crippen LogP contribution in [0.4, 0.5) is 0 Å². The van der Waals surface area contributed by atoms with Crippen molar-refractivity contribution in [1.82, 2.24) is 0 Å². The smallest absolute Gasteiger partial charge is 0.344 e. The van der Waals surface area contributed by atoms with E-state index in [2.05, 4.69) is 6.58 Å². The highest BCUT2D eigenvalue weighted by Gasteiger charge is 2.15. The van der Waals surface area contributed by atoms with Gasteiger partial charge in [0.15, 0.2) is 17.9 Å². The summed E-state index contributed by atoms with van der Waals surface area (Å²) in [7, 11) is 1.56. The molecule has 152 valence electrons. The maximum absolute atomic E-state index is 12.1. The molecular formula is C23H18O7. The zero-order valence-electron chi connectivity index (χ0n) is 16.2. The number of esters is 1. The molecule has 0 radical (unpaired) electrons. The van der Waals surface area contributed by atoms with Crippen LogP contribution in [0.25, 0.3) is 33.3 Å². The maximum atomic E-state index is 12.1. The first-order valence-corrected chi connectivity index (χ1v) is 9.13. The number of hydrogen-bond acceptors (Lipinski definition) is 7. The van der Waals surface area contributed by atoms with Crippen LogP contribution in [0.2, 0.25) is 0 Å². The van der Waals surface area contributed by atoms with Crippen LogP contribution < -0.4 is 15.1 Å². The number of ether oxygens (including phenoxy) is 3. The summed E-state index contributed by atoms with van der Waals surface area (Å²) in [5.74, 6) is 0.976. The molecule has 0 atom stereocenters. The Balaban J connectivity index is 1.75. The van der Waals surface area contributed by atoms with E-state index in [1.165, 1.54) is 12.1 Å². The lowest BCUT2D eigenvalue weighted by Crippen LogP contribution is -2.14. The predicted octanol–water partition coefficient (Wildman–Crippen LogP) is 4.32. The molecule has 0 amide bonds. The van der Waals surface area contributed by atoms with Crippen LogP contribution in [0, 0.1) is 0 Å². The fourth-order valence-electron chi connectivity index (χ4n) is 3.10. The Hall–Kier alpha value is -4.00. The molecule has 2 aromatic heterocycles. The summed E-state index contributed by atoms with van der Waals surface area (Å²) >= 11 is 0. The van der Waals surface area contributed by atoms with E-state index in [1.54, 1.807) is 31.4 Å². The molecule has 7 heteroatoms. The van der Waals surface area contributed by atoms with Crippen LogP contribution in [0.5, 0.6) is 11.5 Å². The number of fused-ring (bicyclic) bond motifs is 2. The van der Waals surface area contributed by atoms with E-state index in [0.717, 1.165) is 5.39 Å². The summed E-state index contributed by atoms with van der Waals surface area (Å²) in [6.07, 6.45) is 1.48. The number of methoxy groups -OCH3 is 1. The fourth-order valence-corrected chi connectivity index (χ4v) is 3.10. The molecule has 0 unspecified atom stereocenters. The Morgan fingerprint density at radius 2 is 2.00 bits per heavy atom. The lowest BCUT2D eigenvalue weighted by molar-refractivity contribution is -0.144. The molecule has 0 aliphatic carbocycles. The van der Waals surface area contributed by atoms with Crippen molar-refractivity contribution in [3.05, 3.63) is 71.6 Å². The highest BCUT2D eigenvalue weighted by Crippen LogP contribution is 2.36. The normalized spacial score (nSPS) is 10.8. The molecule has 30 heavy (non-hydrogen) atoms. The summed E-state index contributed by atoms with van der Waals surface area (Å²) in [4.78, 5) is 23.7. The van der Waals surface area contributed by atoms with Crippen molar-refractivity contribution in [1.29, 1.82) is 0 Å². The van der Waals surface area contributed by atoms with Gasteiger partial charge in [0.05, 0.1) is 7.11 Å². The number of hydrogen-bond donors (Lipinski definition) is 0. The van der Waals surface area contributed by atoms with Crippen LogP contribution in [0.3, 0.4) is 0 Å². The number of rotatable bonds is 7. The third kappa shape index (κ3) is 3.77. The van der Waals surface area contributed by atoms with Gasteiger partial charge in [-0.25, -0.2) is 9.59 Å². The minimum atomic E-state index is -0.515. The quantitative estimate of drug-likeness (QED) is 0.256. The molecule has 0 fully saturated rings. The van der Waals surface area contributed by atoms with Gasteiger partial charge in [-0.05, 0) is 30.3 Å². The molecule has 4 rings (SSSR count). The van der Waals surface area contributed by atoms with Gasteiger partial charge in [-0.3, -0.25) is 0 Å². The van der Waals surface area contributed by atoms with E-state index in [1.807, 2.05) is 18.2 Å². The van der Waals surface area contributed by atoms with Crippen LogP contribution in [0.15, 0.2) is 74.8 Å². The molecule has 2 heterocycles.